The molecule has 2 aromatic carbocycles. The van der Waals surface area contributed by atoms with Gasteiger partial charge in [-0.15, -0.1) is 0 Å². The summed E-state index contributed by atoms with van der Waals surface area (Å²) in [4.78, 5) is 0. The molecule has 0 unspecified atom stereocenters. The predicted octanol–water partition coefficient (Wildman–Crippen LogP) is 4.66. The normalized spacial score (nSPS) is 32.8. The second-order valence-corrected chi connectivity index (χ2v) is 10.2. The van der Waals surface area contributed by atoms with E-state index >= 15 is 0 Å². The fourth-order valence-corrected chi connectivity index (χ4v) is 7.36. The van der Waals surface area contributed by atoms with Crippen LogP contribution in [0.25, 0.3) is 0 Å². The molecule has 1 saturated heterocycles. The molecule has 1 heterocycles. The molecule has 1 aliphatic carbocycles. The average molecular weight is 401 g/mol. The molecular formula is C22H28NO4P. The van der Waals surface area contributed by atoms with Gasteiger partial charge in [-0.1, -0.05) is 67.1 Å². The summed E-state index contributed by atoms with van der Waals surface area (Å²) in [5.74, 6) is -0.529. The Kier molecular flexibility index (Phi) is 5.47. The summed E-state index contributed by atoms with van der Waals surface area (Å²) in [5, 5.41) is 14.3. The van der Waals surface area contributed by atoms with Gasteiger partial charge in [0.05, 0.1) is 0 Å². The smallest absolute Gasteiger partial charge is 0.362 e. The molecule has 1 aliphatic heterocycles. The van der Waals surface area contributed by atoms with Gasteiger partial charge in [0.25, 0.3) is 0 Å². The number of hydrogen-bond donors (Lipinski definition) is 2. The summed E-state index contributed by atoms with van der Waals surface area (Å²) in [6.45, 7) is 0. The van der Waals surface area contributed by atoms with Crippen LogP contribution in [0.2, 0.25) is 0 Å². The molecule has 5 nitrogen and oxygen atoms in total. The van der Waals surface area contributed by atoms with Crippen LogP contribution in [0.1, 0.15) is 42.5 Å². The van der Waals surface area contributed by atoms with Crippen molar-refractivity contribution in [3.8, 4) is 0 Å². The molecule has 2 bridgehead atoms. The Morgan fingerprint density at radius 1 is 0.893 bits per heavy atom. The lowest BCUT2D eigenvalue weighted by Gasteiger charge is -2.57. The Hall–Kier alpha value is -1.49. The molecule has 4 rings (SSSR count). The van der Waals surface area contributed by atoms with Crippen LogP contribution >= 0.6 is 7.60 Å². The molecule has 2 fully saturated rings. The quantitative estimate of drug-likeness (QED) is 0.713. The van der Waals surface area contributed by atoms with Gasteiger partial charge < -0.3 is 19.5 Å². The van der Waals surface area contributed by atoms with Crippen LogP contribution in [-0.2, 0) is 13.6 Å². The van der Waals surface area contributed by atoms with Crippen LogP contribution in [0.4, 0.5) is 0 Å². The van der Waals surface area contributed by atoms with Gasteiger partial charge in [-0.3, -0.25) is 4.57 Å². The van der Waals surface area contributed by atoms with Crippen LogP contribution in [0.3, 0.4) is 0 Å². The highest BCUT2D eigenvalue weighted by molar-refractivity contribution is 7.55. The Labute approximate surface area is 166 Å². The third kappa shape index (κ3) is 2.97. The van der Waals surface area contributed by atoms with Crippen molar-refractivity contribution in [1.29, 1.82) is 0 Å². The SMILES string of the molecule is COP(=O)(OC)C1(O)[C@H]2CCC[C@H]1[C@H](c1ccccc1)N[C@H]2c1ccccc1. The van der Waals surface area contributed by atoms with Crippen LogP contribution in [0, 0.1) is 11.8 Å². The van der Waals surface area contributed by atoms with E-state index in [1.54, 1.807) is 0 Å². The number of piperidine rings is 1. The van der Waals surface area contributed by atoms with Gasteiger partial charge in [-0.2, -0.15) is 0 Å². The van der Waals surface area contributed by atoms with Gasteiger partial charge in [0.2, 0.25) is 0 Å². The lowest BCUT2D eigenvalue weighted by atomic mass is 9.65. The minimum absolute atomic E-state index is 0.147. The third-order valence-corrected chi connectivity index (χ3v) is 9.02. The zero-order chi connectivity index (χ0) is 19.8. The van der Waals surface area contributed by atoms with Crippen LogP contribution in [0.5, 0.6) is 0 Å². The van der Waals surface area contributed by atoms with Crippen molar-refractivity contribution < 1.29 is 18.7 Å². The van der Waals surface area contributed by atoms with E-state index in [4.69, 9.17) is 9.05 Å². The largest absolute Gasteiger partial charge is 0.377 e. The number of fused-ring (bicyclic) bond motifs is 2. The minimum atomic E-state index is -3.75. The second-order valence-electron chi connectivity index (χ2n) is 7.73. The Morgan fingerprint density at radius 3 is 1.71 bits per heavy atom. The highest BCUT2D eigenvalue weighted by Gasteiger charge is 2.66. The predicted molar refractivity (Wildman–Crippen MR) is 109 cm³/mol. The van der Waals surface area contributed by atoms with E-state index in [1.807, 2.05) is 36.4 Å². The third-order valence-electron chi connectivity index (χ3n) is 6.52. The van der Waals surface area contributed by atoms with Crippen molar-refractivity contribution in [3.05, 3.63) is 71.8 Å². The van der Waals surface area contributed by atoms with Crippen LogP contribution < -0.4 is 5.32 Å². The van der Waals surface area contributed by atoms with E-state index < -0.39 is 12.9 Å². The van der Waals surface area contributed by atoms with Gasteiger partial charge in [0.1, 0.15) is 0 Å². The van der Waals surface area contributed by atoms with E-state index in [1.165, 1.54) is 14.2 Å². The molecule has 28 heavy (non-hydrogen) atoms. The van der Waals surface area contributed by atoms with Crippen LogP contribution in [-0.4, -0.2) is 24.7 Å². The maximum Gasteiger partial charge on any atom is 0.362 e. The highest BCUT2D eigenvalue weighted by atomic mass is 31.2. The van der Waals surface area contributed by atoms with E-state index in [0.717, 1.165) is 30.4 Å². The zero-order valence-electron chi connectivity index (χ0n) is 16.3. The Balaban J connectivity index is 1.88. The second kappa shape index (κ2) is 7.74. The first kappa shape index (κ1) is 19.8. The van der Waals surface area contributed by atoms with E-state index in [9.17, 15) is 9.67 Å². The van der Waals surface area contributed by atoms with Gasteiger partial charge >= 0.3 is 7.60 Å². The zero-order valence-corrected chi connectivity index (χ0v) is 17.2. The van der Waals surface area contributed by atoms with Crippen molar-refractivity contribution in [2.24, 2.45) is 11.8 Å². The fraction of sp³-hybridized carbons (Fsp3) is 0.455. The monoisotopic (exact) mass is 401 g/mol. The number of aliphatic hydroxyl groups is 1. The van der Waals surface area contributed by atoms with E-state index in [2.05, 4.69) is 29.6 Å². The molecule has 2 N–H and O–H groups in total. The summed E-state index contributed by atoms with van der Waals surface area (Å²) >= 11 is 0. The number of benzene rings is 2. The van der Waals surface area contributed by atoms with Crippen molar-refractivity contribution in [1.82, 2.24) is 5.32 Å². The lowest BCUT2D eigenvalue weighted by molar-refractivity contribution is -0.103. The topological polar surface area (TPSA) is 67.8 Å². The molecule has 150 valence electrons. The lowest BCUT2D eigenvalue weighted by Crippen LogP contribution is -2.61. The first-order chi connectivity index (χ1) is 13.5. The summed E-state index contributed by atoms with van der Waals surface area (Å²) in [5.41, 5.74) is 2.15. The van der Waals surface area contributed by atoms with Gasteiger partial charge in [0, 0.05) is 38.1 Å². The molecule has 4 atom stereocenters. The van der Waals surface area contributed by atoms with Gasteiger partial charge in [0.15, 0.2) is 5.34 Å². The van der Waals surface area contributed by atoms with Crippen molar-refractivity contribution >= 4 is 7.60 Å². The molecule has 0 radical (unpaired) electrons. The molecule has 1 saturated carbocycles. The number of hydrogen-bond acceptors (Lipinski definition) is 5. The maximum absolute atomic E-state index is 13.7. The maximum atomic E-state index is 13.7. The molecule has 2 aliphatic rings. The summed E-state index contributed by atoms with van der Waals surface area (Å²) in [6, 6.07) is 19.9. The molecule has 6 heteroatoms. The Morgan fingerprint density at radius 2 is 1.32 bits per heavy atom. The molecule has 0 spiro atoms. The van der Waals surface area contributed by atoms with Gasteiger partial charge in [-0.25, -0.2) is 0 Å². The first-order valence-electron chi connectivity index (χ1n) is 9.85. The van der Waals surface area contributed by atoms with Crippen molar-refractivity contribution in [2.75, 3.05) is 14.2 Å². The summed E-state index contributed by atoms with van der Waals surface area (Å²) in [6.07, 6.45) is 2.50. The molecular weight excluding hydrogens is 373 g/mol. The summed E-state index contributed by atoms with van der Waals surface area (Å²) < 4.78 is 24.5. The van der Waals surface area contributed by atoms with Crippen molar-refractivity contribution in [3.63, 3.8) is 0 Å². The first-order valence-corrected chi connectivity index (χ1v) is 11.4. The van der Waals surface area contributed by atoms with E-state index in [0.29, 0.717) is 0 Å². The number of nitrogens with one attached hydrogen (secondary N) is 1. The van der Waals surface area contributed by atoms with Crippen molar-refractivity contribution in [2.45, 2.75) is 36.7 Å². The number of rotatable bonds is 5. The molecule has 0 amide bonds. The summed E-state index contributed by atoms with van der Waals surface area (Å²) in [7, 11) is -1.01. The standard InChI is InChI=1S/C22H28NO4P/c1-26-28(25,27-2)22(24)18-14-9-15-19(22)21(17-12-7-4-8-13-17)23-20(18)16-10-5-3-6-11-16/h3-8,10-13,18-21,23-24H,9,14-15H2,1-2H3/t18-,19-,20-,21-/m0/s1. The average Bonchev–Trinajstić information content (AvgIpc) is 2.74. The minimum Gasteiger partial charge on any atom is -0.377 e. The fourth-order valence-electron chi connectivity index (χ4n) is 5.26. The highest BCUT2D eigenvalue weighted by Crippen LogP contribution is 2.71. The molecule has 2 aromatic rings. The van der Waals surface area contributed by atoms with Gasteiger partial charge in [-0.05, 0) is 24.0 Å². The van der Waals surface area contributed by atoms with E-state index in [-0.39, 0.29) is 23.9 Å². The van der Waals surface area contributed by atoms with Crippen LogP contribution in [0.15, 0.2) is 60.7 Å². The Bertz CT molecular complexity index is 783. The molecule has 0 aromatic heterocycles.